The summed E-state index contributed by atoms with van der Waals surface area (Å²) in [4.78, 5) is 4.05. The third-order valence-electron chi connectivity index (χ3n) is 1.14. The van der Waals surface area contributed by atoms with Gasteiger partial charge in [-0.1, -0.05) is 11.6 Å². The summed E-state index contributed by atoms with van der Waals surface area (Å²) in [7, 11) is 0. The predicted molar refractivity (Wildman–Crippen MR) is 47.0 cm³/mol. The monoisotopic (exact) mass is 191 g/mol. The average molecular weight is 192 g/mol. The molecule has 4 heteroatoms. The molecule has 0 aromatic carbocycles. The molecule has 0 spiro atoms. The van der Waals surface area contributed by atoms with E-state index >= 15 is 0 Å². The van der Waals surface area contributed by atoms with E-state index < -0.39 is 0 Å². The number of halogens is 1. The molecule has 0 bridgehead atoms. The quantitative estimate of drug-likeness (QED) is 0.733. The Labute approximate surface area is 75.2 Å². The summed E-state index contributed by atoms with van der Waals surface area (Å²) in [5.41, 5.74) is 2.56. The Bertz CT molecular complexity index is 224. The Morgan fingerprint density at radius 1 is 1.73 bits per heavy atom. The minimum atomic E-state index is 0.229. The fourth-order valence-electron chi connectivity index (χ4n) is 0.595. The normalized spacial score (nSPS) is 10.9. The molecule has 1 rings (SSSR count). The number of nitrogens with zero attached hydrogens (tertiary/aromatic N) is 1. The van der Waals surface area contributed by atoms with E-state index in [1.807, 2.05) is 13.8 Å². The van der Waals surface area contributed by atoms with E-state index in [0.717, 1.165) is 10.0 Å². The Hall–Kier alpha value is -0.120. The molecule has 1 aromatic heterocycles. The van der Waals surface area contributed by atoms with Crippen LogP contribution in [0.4, 0.5) is 0 Å². The number of hydrogen-bond donors (Lipinski definition) is 0. The van der Waals surface area contributed by atoms with E-state index in [2.05, 4.69) is 4.98 Å². The molecule has 0 aliphatic carbocycles. The van der Waals surface area contributed by atoms with Crippen molar-refractivity contribution in [1.82, 2.24) is 4.98 Å². The summed E-state index contributed by atoms with van der Waals surface area (Å²) >= 11 is 7.23. The van der Waals surface area contributed by atoms with Crippen molar-refractivity contribution in [2.45, 2.75) is 26.6 Å². The van der Waals surface area contributed by atoms with Crippen LogP contribution in [0.15, 0.2) is 5.51 Å². The lowest BCUT2D eigenvalue weighted by molar-refractivity contribution is 0.0639. The summed E-state index contributed by atoms with van der Waals surface area (Å²) < 4.78 is 6.05. The van der Waals surface area contributed by atoms with Crippen LogP contribution in [0, 0.1) is 0 Å². The zero-order chi connectivity index (χ0) is 8.27. The van der Waals surface area contributed by atoms with Crippen LogP contribution >= 0.6 is 22.9 Å². The van der Waals surface area contributed by atoms with Gasteiger partial charge in [-0.25, -0.2) is 4.98 Å². The maximum atomic E-state index is 5.80. The van der Waals surface area contributed by atoms with Crippen LogP contribution in [0.25, 0.3) is 0 Å². The van der Waals surface area contributed by atoms with Crippen LogP contribution < -0.4 is 0 Å². The van der Waals surface area contributed by atoms with Crippen LogP contribution in [-0.4, -0.2) is 11.1 Å². The zero-order valence-electron chi connectivity index (χ0n) is 6.50. The molecule has 1 heterocycles. The first-order valence-corrected chi connectivity index (χ1v) is 4.65. The second-order valence-corrected chi connectivity index (χ2v) is 3.89. The van der Waals surface area contributed by atoms with Crippen molar-refractivity contribution in [3.63, 3.8) is 0 Å². The van der Waals surface area contributed by atoms with Gasteiger partial charge in [0.15, 0.2) is 0 Å². The lowest BCUT2D eigenvalue weighted by Crippen LogP contribution is -2.02. The van der Waals surface area contributed by atoms with Gasteiger partial charge in [0.25, 0.3) is 0 Å². The van der Waals surface area contributed by atoms with E-state index in [4.69, 9.17) is 16.3 Å². The van der Waals surface area contributed by atoms with E-state index in [1.165, 1.54) is 11.3 Å². The molecule has 11 heavy (non-hydrogen) atoms. The topological polar surface area (TPSA) is 22.1 Å². The van der Waals surface area contributed by atoms with Gasteiger partial charge in [-0.05, 0) is 13.8 Å². The highest BCUT2D eigenvalue weighted by molar-refractivity contribution is 7.14. The molecular formula is C7H10ClNOS. The zero-order valence-corrected chi connectivity index (χ0v) is 8.08. The molecule has 0 unspecified atom stereocenters. The van der Waals surface area contributed by atoms with E-state index in [9.17, 15) is 0 Å². The molecule has 2 nitrogen and oxygen atoms in total. The smallest absolute Gasteiger partial charge is 0.118 e. The maximum Gasteiger partial charge on any atom is 0.118 e. The Morgan fingerprint density at radius 2 is 2.45 bits per heavy atom. The fraction of sp³-hybridized carbons (Fsp3) is 0.571. The summed E-state index contributed by atoms with van der Waals surface area (Å²) in [5, 5.41) is 0. The van der Waals surface area contributed by atoms with Gasteiger partial charge >= 0.3 is 0 Å². The third kappa shape index (κ3) is 2.77. The van der Waals surface area contributed by atoms with E-state index in [-0.39, 0.29) is 6.10 Å². The molecule has 0 fully saturated rings. The van der Waals surface area contributed by atoms with Crippen molar-refractivity contribution in [3.8, 4) is 0 Å². The SMILES string of the molecule is CC(C)OCc1ncsc1Cl. The lowest BCUT2D eigenvalue weighted by Gasteiger charge is -2.04. The highest BCUT2D eigenvalue weighted by Gasteiger charge is 2.03. The van der Waals surface area contributed by atoms with Gasteiger partial charge in [-0.3, -0.25) is 0 Å². The largest absolute Gasteiger partial charge is 0.372 e. The molecule has 0 saturated heterocycles. The van der Waals surface area contributed by atoms with Gasteiger partial charge in [0.2, 0.25) is 0 Å². The van der Waals surface area contributed by atoms with Crippen molar-refractivity contribution in [2.24, 2.45) is 0 Å². The molecule has 0 aliphatic rings. The summed E-state index contributed by atoms with van der Waals surface area (Å²) in [6.45, 7) is 4.49. The first kappa shape index (κ1) is 8.97. The average Bonchev–Trinajstić information content (AvgIpc) is 2.31. The van der Waals surface area contributed by atoms with Crippen LogP contribution in [0.1, 0.15) is 19.5 Å². The molecule has 62 valence electrons. The first-order valence-electron chi connectivity index (χ1n) is 3.39. The molecular weight excluding hydrogens is 182 g/mol. The highest BCUT2D eigenvalue weighted by atomic mass is 35.5. The van der Waals surface area contributed by atoms with E-state index in [0.29, 0.717) is 6.61 Å². The van der Waals surface area contributed by atoms with Crippen molar-refractivity contribution in [3.05, 3.63) is 15.5 Å². The van der Waals surface area contributed by atoms with Gasteiger partial charge in [0.05, 0.1) is 23.9 Å². The van der Waals surface area contributed by atoms with Crippen molar-refractivity contribution in [1.29, 1.82) is 0 Å². The van der Waals surface area contributed by atoms with Gasteiger partial charge in [-0.2, -0.15) is 0 Å². The lowest BCUT2D eigenvalue weighted by atomic mass is 10.4. The minimum absolute atomic E-state index is 0.229. The standard InChI is InChI=1S/C7H10ClNOS/c1-5(2)10-3-6-7(8)11-4-9-6/h4-5H,3H2,1-2H3. The third-order valence-corrected chi connectivity index (χ3v) is 2.28. The molecule has 1 aromatic rings. The van der Waals surface area contributed by atoms with Gasteiger partial charge in [0.1, 0.15) is 4.34 Å². The first-order chi connectivity index (χ1) is 5.20. The summed E-state index contributed by atoms with van der Waals surface area (Å²) in [5.74, 6) is 0. The fourth-order valence-corrected chi connectivity index (χ4v) is 1.34. The van der Waals surface area contributed by atoms with Crippen LogP contribution in [0.2, 0.25) is 4.34 Å². The summed E-state index contributed by atoms with van der Waals surface area (Å²) in [6.07, 6.45) is 0.229. The van der Waals surface area contributed by atoms with Crippen molar-refractivity contribution < 1.29 is 4.74 Å². The molecule has 0 N–H and O–H groups in total. The Morgan fingerprint density at radius 3 is 2.91 bits per heavy atom. The molecule has 0 radical (unpaired) electrons. The number of aromatic nitrogens is 1. The van der Waals surface area contributed by atoms with Crippen molar-refractivity contribution in [2.75, 3.05) is 0 Å². The van der Waals surface area contributed by atoms with Crippen LogP contribution in [0.3, 0.4) is 0 Å². The summed E-state index contributed by atoms with van der Waals surface area (Å²) in [6, 6.07) is 0. The van der Waals surface area contributed by atoms with Crippen LogP contribution in [0.5, 0.6) is 0 Å². The Kier molecular flexibility index (Phi) is 3.30. The van der Waals surface area contributed by atoms with E-state index in [1.54, 1.807) is 5.51 Å². The second-order valence-electron chi connectivity index (χ2n) is 2.43. The molecule has 0 aliphatic heterocycles. The second kappa shape index (κ2) is 4.04. The Balaban J connectivity index is 2.44. The number of thiazole rings is 1. The maximum absolute atomic E-state index is 5.80. The molecule has 0 amide bonds. The number of rotatable bonds is 3. The van der Waals surface area contributed by atoms with Gasteiger partial charge in [-0.15, -0.1) is 11.3 Å². The van der Waals surface area contributed by atoms with Gasteiger partial charge < -0.3 is 4.74 Å². The minimum Gasteiger partial charge on any atom is -0.372 e. The van der Waals surface area contributed by atoms with Crippen molar-refractivity contribution >= 4 is 22.9 Å². The predicted octanol–water partition coefficient (Wildman–Crippen LogP) is 2.72. The van der Waals surface area contributed by atoms with Gasteiger partial charge in [0, 0.05) is 0 Å². The van der Waals surface area contributed by atoms with Crippen LogP contribution in [-0.2, 0) is 11.3 Å². The number of ether oxygens (including phenoxy) is 1. The number of hydrogen-bond acceptors (Lipinski definition) is 3. The molecule has 0 saturated carbocycles. The molecule has 0 atom stereocenters. The highest BCUT2D eigenvalue weighted by Crippen LogP contribution is 2.20.